The molecule has 0 spiro atoms. The van der Waals surface area contributed by atoms with E-state index < -0.39 is 0 Å². The largest absolute Gasteiger partial charge is 0.129 e. The van der Waals surface area contributed by atoms with Crippen molar-refractivity contribution >= 4 is 17.2 Å². The monoisotopic (exact) mass is 168 g/mol. The molecule has 0 atom stereocenters. The van der Waals surface area contributed by atoms with Crippen LogP contribution in [0.4, 0.5) is 0 Å². The standard InChI is InChI=1S/C3H8.2C2H7P/c3*1-3-2/h3H2,1-2H3;2*3H,1-2H3. The Hall–Kier alpha value is 0.860. The molecular formula is C7H22P2. The van der Waals surface area contributed by atoms with Crippen LogP contribution >= 0.6 is 17.2 Å². The van der Waals surface area contributed by atoms with Crippen LogP contribution in [0.2, 0.25) is 0 Å². The summed E-state index contributed by atoms with van der Waals surface area (Å²) < 4.78 is 0. The zero-order valence-electron chi connectivity index (χ0n) is 7.71. The summed E-state index contributed by atoms with van der Waals surface area (Å²) in [5, 5.41) is 0. The average molecular weight is 168 g/mol. The Labute approximate surface area is 64.8 Å². The fraction of sp³-hybridized carbons (Fsp3) is 1.00. The van der Waals surface area contributed by atoms with Gasteiger partial charge in [0, 0.05) is 0 Å². The lowest BCUT2D eigenvalue weighted by atomic mass is 10.6. The number of rotatable bonds is 0. The highest BCUT2D eigenvalue weighted by Gasteiger charge is 1.35. The Morgan fingerprint density at radius 3 is 0.778 bits per heavy atom. The molecule has 0 heterocycles. The first-order valence-electron chi connectivity index (χ1n) is 3.41. The van der Waals surface area contributed by atoms with Gasteiger partial charge in [0.15, 0.2) is 0 Å². The van der Waals surface area contributed by atoms with Crippen LogP contribution in [0.5, 0.6) is 0 Å². The summed E-state index contributed by atoms with van der Waals surface area (Å²) in [5.74, 6) is 0. The van der Waals surface area contributed by atoms with Crippen molar-refractivity contribution in [3.05, 3.63) is 0 Å². The molecule has 0 aromatic rings. The molecule has 0 aliphatic rings. The van der Waals surface area contributed by atoms with E-state index in [0.29, 0.717) is 0 Å². The molecule has 2 heteroatoms. The Morgan fingerprint density at radius 2 is 0.778 bits per heavy atom. The highest BCUT2D eigenvalue weighted by Crippen LogP contribution is 1.84. The summed E-state index contributed by atoms with van der Waals surface area (Å²) in [7, 11) is 2.17. The lowest BCUT2D eigenvalue weighted by Gasteiger charge is -1.50. The van der Waals surface area contributed by atoms with Gasteiger partial charge >= 0.3 is 0 Å². The molecule has 0 aliphatic carbocycles. The summed E-state index contributed by atoms with van der Waals surface area (Å²) >= 11 is 0. The fourth-order valence-corrected chi connectivity index (χ4v) is 0. The van der Waals surface area contributed by atoms with Gasteiger partial charge in [0.1, 0.15) is 0 Å². The predicted molar refractivity (Wildman–Crippen MR) is 56.3 cm³/mol. The molecule has 0 N–H and O–H groups in total. The summed E-state index contributed by atoms with van der Waals surface area (Å²) in [6.45, 7) is 12.9. The van der Waals surface area contributed by atoms with Crippen molar-refractivity contribution in [1.82, 2.24) is 0 Å². The fourth-order valence-electron chi connectivity index (χ4n) is 0. The summed E-state index contributed by atoms with van der Waals surface area (Å²) in [6.07, 6.45) is 1.25. The maximum absolute atomic E-state index is 2.15. The number of hydrogen-bond acceptors (Lipinski definition) is 0. The van der Waals surface area contributed by atoms with E-state index >= 15 is 0 Å². The second kappa shape index (κ2) is 36.7. The molecule has 0 unspecified atom stereocenters. The first-order valence-corrected chi connectivity index (χ1v) is 7.41. The Morgan fingerprint density at radius 1 is 0.778 bits per heavy atom. The third kappa shape index (κ3) is 564. The van der Waals surface area contributed by atoms with Crippen molar-refractivity contribution < 1.29 is 0 Å². The van der Waals surface area contributed by atoms with Crippen LogP contribution < -0.4 is 0 Å². The summed E-state index contributed by atoms with van der Waals surface area (Å²) in [6, 6.07) is 0. The summed E-state index contributed by atoms with van der Waals surface area (Å²) in [5.41, 5.74) is 0. The molecule has 0 aromatic heterocycles. The lowest BCUT2D eigenvalue weighted by Crippen LogP contribution is -1.27. The van der Waals surface area contributed by atoms with Gasteiger partial charge < -0.3 is 0 Å². The first-order chi connectivity index (χ1) is 4.24. The van der Waals surface area contributed by atoms with Crippen molar-refractivity contribution in [2.45, 2.75) is 20.3 Å². The van der Waals surface area contributed by atoms with Crippen LogP contribution in [0, 0.1) is 0 Å². The Bertz CT molecular complexity index is 11.6. The minimum absolute atomic E-state index is 1.08. The maximum atomic E-state index is 2.15. The third-order valence-corrected chi connectivity index (χ3v) is 0. The molecule has 0 amide bonds. The van der Waals surface area contributed by atoms with Crippen LogP contribution in [0.1, 0.15) is 20.3 Å². The highest BCUT2D eigenvalue weighted by atomic mass is 31.1. The first kappa shape index (κ1) is 16.4. The molecule has 60 valence electrons. The van der Waals surface area contributed by atoms with Crippen molar-refractivity contribution in [2.24, 2.45) is 0 Å². The Kier molecular flexibility index (Phi) is 67.1. The van der Waals surface area contributed by atoms with Gasteiger partial charge in [-0.2, -0.15) is 0 Å². The van der Waals surface area contributed by atoms with Gasteiger partial charge in [-0.05, 0) is 26.7 Å². The van der Waals surface area contributed by atoms with Gasteiger partial charge in [-0.1, -0.05) is 20.3 Å². The SMILES string of the molecule is CCC.CPC.CPC. The van der Waals surface area contributed by atoms with E-state index in [1.165, 1.54) is 6.42 Å². The molecule has 0 nitrogen and oxygen atoms in total. The molecule has 0 aliphatic heterocycles. The quantitative estimate of drug-likeness (QED) is 0.487. The molecule has 0 radical (unpaired) electrons. The average Bonchev–Trinajstić information content (AvgIpc) is 1.70. The molecule has 0 saturated carbocycles. The minimum atomic E-state index is 1.08. The molecule has 0 fully saturated rings. The van der Waals surface area contributed by atoms with Gasteiger partial charge in [0.2, 0.25) is 0 Å². The van der Waals surface area contributed by atoms with Gasteiger partial charge in [0.05, 0.1) is 0 Å². The molecular weight excluding hydrogens is 146 g/mol. The zero-order valence-corrected chi connectivity index (χ0v) is 9.71. The molecule has 0 rings (SSSR count). The van der Waals surface area contributed by atoms with Crippen molar-refractivity contribution in [2.75, 3.05) is 26.7 Å². The van der Waals surface area contributed by atoms with Crippen LogP contribution in [0.25, 0.3) is 0 Å². The topological polar surface area (TPSA) is 0 Å². The lowest BCUT2D eigenvalue weighted by molar-refractivity contribution is 1.09. The van der Waals surface area contributed by atoms with E-state index in [2.05, 4.69) is 40.5 Å². The van der Waals surface area contributed by atoms with E-state index in [4.69, 9.17) is 0 Å². The highest BCUT2D eigenvalue weighted by molar-refractivity contribution is 7.36. The van der Waals surface area contributed by atoms with E-state index in [9.17, 15) is 0 Å². The van der Waals surface area contributed by atoms with Gasteiger partial charge in [-0.3, -0.25) is 0 Å². The van der Waals surface area contributed by atoms with Gasteiger partial charge in [-0.25, -0.2) is 0 Å². The van der Waals surface area contributed by atoms with Gasteiger partial charge in [-0.15, -0.1) is 17.2 Å². The molecule has 0 saturated heterocycles. The second-order valence-electron chi connectivity index (χ2n) is 1.71. The Balaban J connectivity index is -0.0000000600. The molecule has 0 bridgehead atoms. The van der Waals surface area contributed by atoms with E-state index in [0.717, 1.165) is 17.2 Å². The van der Waals surface area contributed by atoms with Gasteiger partial charge in [0.25, 0.3) is 0 Å². The second-order valence-corrected chi connectivity index (χ2v) is 3.71. The van der Waals surface area contributed by atoms with E-state index in [1.807, 2.05) is 0 Å². The molecule has 9 heavy (non-hydrogen) atoms. The molecule has 0 aromatic carbocycles. The van der Waals surface area contributed by atoms with Crippen LogP contribution in [-0.4, -0.2) is 26.7 Å². The van der Waals surface area contributed by atoms with E-state index in [-0.39, 0.29) is 0 Å². The number of hydrogen-bond donors (Lipinski definition) is 0. The minimum Gasteiger partial charge on any atom is -0.129 e. The van der Waals surface area contributed by atoms with E-state index in [1.54, 1.807) is 0 Å². The normalized spacial score (nSPS) is 6.00. The van der Waals surface area contributed by atoms with Crippen molar-refractivity contribution in [3.63, 3.8) is 0 Å². The predicted octanol–water partition coefficient (Wildman–Crippen LogP) is 3.27. The van der Waals surface area contributed by atoms with Crippen LogP contribution in [0.3, 0.4) is 0 Å². The smallest absolute Gasteiger partial charge is 0.0475 e. The maximum Gasteiger partial charge on any atom is -0.0475 e. The van der Waals surface area contributed by atoms with Crippen molar-refractivity contribution in [3.8, 4) is 0 Å². The zero-order chi connectivity index (χ0) is 8.12. The summed E-state index contributed by atoms with van der Waals surface area (Å²) in [4.78, 5) is 0. The third-order valence-electron chi connectivity index (χ3n) is 0. The van der Waals surface area contributed by atoms with Crippen molar-refractivity contribution in [1.29, 1.82) is 0 Å². The van der Waals surface area contributed by atoms with Crippen LogP contribution in [-0.2, 0) is 0 Å². The van der Waals surface area contributed by atoms with Crippen LogP contribution in [0.15, 0.2) is 0 Å².